The third-order valence-corrected chi connectivity index (χ3v) is 6.42. The number of carbonyl (C=O) groups excluding carboxylic acids is 1. The molecule has 32 heavy (non-hydrogen) atoms. The van der Waals surface area contributed by atoms with E-state index in [1.807, 2.05) is 71.6 Å². The minimum atomic E-state index is -0.641. The fraction of sp³-hybridized carbons (Fsp3) is 0.138. The molecule has 1 unspecified atom stereocenters. The summed E-state index contributed by atoms with van der Waals surface area (Å²) < 4.78 is 0. The van der Waals surface area contributed by atoms with Crippen molar-refractivity contribution >= 4 is 5.91 Å². The average molecular weight is 420 g/mol. The van der Waals surface area contributed by atoms with Gasteiger partial charge in [-0.15, -0.1) is 0 Å². The molecule has 4 aromatic rings. The molecule has 4 aromatic carbocycles. The first-order valence-electron chi connectivity index (χ1n) is 11.0. The summed E-state index contributed by atoms with van der Waals surface area (Å²) in [6.45, 7) is 0.602. The molecule has 1 amide bonds. The molecule has 0 aliphatic carbocycles. The zero-order valence-corrected chi connectivity index (χ0v) is 17.8. The van der Waals surface area contributed by atoms with Gasteiger partial charge in [0.15, 0.2) is 0 Å². The number of hydrogen-bond donors (Lipinski definition) is 1. The van der Waals surface area contributed by atoms with E-state index in [0.717, 1.165) is 28.7 Å². The molecule has 158 valence electrons. The maximum Gasteiger partial charge on any atom is 0.255 e. The van der Waals surface area contributed by atoms with Crippen LogP contribution in [0.4, 0.5) is 0 Å². The first-order valence-corrected chi connectivity index (χ1v) is 11.0. The highest BCUT2D eigenvalue weighted by molar-refractivity contribution is 6.01. The first kappa shape index (κ1) is 20.1. The van der Waals surface area contributed by atoms with Gasteiger partial charge in [0.25, 0.3) is 5.91 Å². The Labute approximate surface area is 188 Å². The number of rotatable bonds is 6. The highest BCUT2D eigenvalue weighted by atomic mass is 16.3. The number of amides is 1. The van der Waals surface area contributed by atoms with Crippen molar-refractivity contribution in [2.45, 2.75) is 18.4 Å². The molecule has 1 N–H and O–H groups in total. The summed E-state index contributed by atoms with van der Waals surface area (Å²) in [5, 5.41) is 9.96. The van der Waals surface area contributed by atoms with Gasteiger partial charge in [0.2, 0.25) is 0 Å². The van der Waals surface area contributed by atoms with Crippen LogP contribution in [0.5, 0.6) is 5.75 Å². The van der Waals surface area contributed by atoms with Crippen molar-refractivity contribution in [3.05, 3.63) is 137 Å². The molecular weight excluding hydrogens is 394 g/mol. The summed E-state index contributed by atoms with van der Waals surface area (Å²) in [5.41, 5.74) is 4.50. The zero-order chi connectivity index (χ0) is 22.0. The highest BCUT2D eigenvalue weighted by Gasteiger charge is 2.50. The quantitative estimate of drug-likeness (QED) is 0.443. The standard InChI is InChI=1S/C29H25NO2/c31-25-17-15-24(16-18-25)29(21-23-11-5-2-6-12-23)27-14-8-7-13-26(27)28(32)30(29)20-19-22-9-3-1-4-10-22/h1-18,31H,19-21H2. The molecule has 3 nitrogen and oxygen atoms in total. The minimum Gasteiger partial charge on any atom is -0.508 e. The third kappa shape index (κ3) is 3.46. The molecule has 0 saturated heterocycles. The van der Waals surface area contributed by atoms with E-state index in [1.54, 1.807) is 12.1 Å². The summed E-state index contributed by atoms with van der Waals surface area (Å²) in [5.74, 6) is 0.276. The topological polar surface area (TPSA) is 40.5 Å². The van der Waals surface area contributed by atoms with Crippen LogP contribution in [0, 0.1) is 0 Å². The van der Waals surface area contributed by atoms with Gasteiger partial charge < -0.3 is 10.0 Å². The predicted octanol–water partition coefficient (Wildman–Crippen LogP) is 5.58. The summed E-state index contributed by atoms with van der Waals surface area (Å²) >= 11 is 0. The van der Waals surface area contributed by atoms with Gasteiger partial charge in [0.1, 0.15) is 5.75 Å². The van der Waals surface area contributed by atoms with Crippen LogP contribution < -0.4 is 0 Å². The van der Waals surface area contributed by atoms with Gasteiger partial charge >= 0.3 is 0 Å². The first-order chi connectivity index (χ1) is 15.7. The van der Waals surface area contributed by atoms with Gasteiger partial charge in [0, 0.05) is 18.5 Å². The number of nitrogens with zero attached hydrogens (tertiary/aromatic N) is 1. The predicted molar refractivity (Wildman–Crippen MR) is 127 cm³/mol. The number of hydrogen-bond acceptors (Lipinski definition) is 2. The van der Waals surface area contributed by atoms with E-state index in [2.05, 4.69) is 30.3 Å². The van der Waals surface area contributed by atoms with Gasteiger partial charge in [-0.3, -0.25) is 4.79 Å². The van der Waals surface area contributed by atoms with Crippen molar-refractivity contribution in [2.24, 2.45) is 0 Å². The lowest BCUT2D eigenvalue weighted by Crippen LogP contribution is -2.47. The van der Waals surface area contributed by atoms with Gasteiger partial charge in [-0.1, -0.05) is 91.0 Å². The van der Waals surface area contributed by atoms with Crippen molar-refractivity contribution in [3.63, 3.8) is 0 Å². The molecule has 1 atom stereocenters. The lowest BCUT2D eigenvalue weighted by molar-refractivity contribution is 0.0626. The Kier molecular flexibility index (Phi) is 5.24. The molecule has 0 radical (unpaired) electrons. The molecule has 0 aromatic heterocycles. The van der Waals surface area contributed by atoms with E-state index in [9.17, 15) is 9.90 Å². The lowest BCUT2D eigenvalue weighted by Gasteiger charge is -2.40. The molecular formula is C29H25NO2. The van der Waals surface area contributed by atoms with Crippen LogP contribution in [0.2, 0.25) is 0 Å². The largest absolute Gasteiger partial charge is 0.508 e. The van der Waals surface area contributed by atoms with Crippen molar-refractivity contribution in [2.75, 3.05) is 6.54 Å². The van der Waals surface area contributed by atoms with E-state index in [-0.39, 0.29) is 11.7 Å². The van der Waals surface area contributed by atoms with Gasteiger partial charge in [-0.25, -0.2) is 0 Å². The number of aromatic hydroxyl groups is 1. The Hall–Kier alpha value is -3.85. The Morgan fingerprint density at radius 2 is 1.28 bits per heavy atom. The Bertz CT molecular complexity index is 1220. The molecule has 5 rings (SSSR count). The fourth-order valence-electron chi connectivity index (χ4n) is 4.90. The van der Waals surface area contributed by atoms with Crippen LogP contribution in [0.3, 0.4) is 0 Å². The van der Waals surface area contributed by atoms with Crippen LogP contribution in [0.25, 0.3) is 0 Å². The van der Waals surface area contributed by atoms with Crippen LogP contribution >= 0.6 is 0 Å². The number of benzene rings is 4. The highest BCUT2D eigenvalue weighted by Crippen LogP contribution is 2.46. The lowest BCUT2D eigenvalue weighted by atomic mass is 9.77. The van der Waals surface area contributed by atoms with Crippen molar-refractivity contribution < 1.29 is 9.90 Å². The van der Waals surface area contributed by atoms with E-state index in [4.69, 9.17) is 0 Å². The van der Waals surface area contributed by atoms with Crippen LogP contribution in [0.15, 0.2) is 109 Å². The van der Waals surface area contributed by atoms with Crippen molar-refractivity contribution in [1.82, 2.24) is 4.90 Å². The normalized spacial score (nSPS) is 17.4. The second-order valence-electron chi connectivity index (χ2n) is 8.31. The van der Waals surface area contributed by atoms with Crippen molar-refractivity contribution in [3.8, 4) is 5.75 Å². The van der Waals surface area contributed by atoms with E-state index < -0.39 is 5.54 Å². The summed E-state index contributed by atoms with van der Waals surface area (Å²) in [6.07, 6.45) is 1.44. The van der Waals surface area contributed by atoms with Crippen LogP contribution in [-0.4, -0.2) is 22.5 Å². The van der Waals surface area contributed by atoms with Crippen LogP contribution in [-0.2, 0) is 18.4 Å². The zero-order valence-electron chi connectivity index (χ0n) is 17.8. The molecule has 0 spiro atoms. The van der Waals surface area contributed by atoms with Gasteiger partial charge in [-0.2, -0.15) is 0 Å². The second-order valence-corrected chi connectivity index (χ2v) is 8.31. The van der Waals surface area contributed by atoms with Crippen LogP contribution in [0.1, 0.15) is 32.6 Å². The molecule has 1 aliphatic heterocycles. The molecule has 0 bridgehead atoms. The van der Waals surface area contributed by atoms with E-state index >= 15 is 0 Å². The second kappa shape index (κ2) is 8.35. The number of phenolic OH excluding ortho intramolecular Hbond substituents is 1. The molecule has 0 saturated carbocycles. The minimum absolute atomic E-state index is 0.0561. The van der Waals surface area contributed by atoms with Gasteiger partial charge in [-0.05, 0) is 46.9 Å². The van der Waals surface area contributed by atoms with Gasteiger partial charge in [0.05, 0.1) is 5.54 Å². The number of carbonyl (C=O) groups is 1. The molecule has 1 heterocycles. The summed E-state index contributed by atoms with van der Waals surface area (Å²) in [4.78, 5) is 15.8. The summed E-state index contributed by atoms with van der Waals surface area (Å²) in [7, 11) is 0. The third-order valence-electron chi connectivity index (χ3n) is 6.42. The molecule has 3 heteroatoms. The fourth-order valence-corrected chi connectivity index (χ4v) is 4.90. The van der Waals surface area contributed by atoms with E-state index in [1.165, 1.54) is 5.56 Å². The number of fused-ring (bicyclic) bond motifs is 1. The van der Waals surface area contributed by atoms with E-state index in [0.29, 0.717) is 13.0 Å². The van der Waals surface area contributed by atoms with Crippen molar-refractivity contribution in [1.29, 1.82) is 0 Å². The molecule has 0 fully saturated rings. The smallest absolute Gasteiger partial charge is 0.255 e. The Morgan fingerprint density at radius 1 is 0.688 bits per heavy atom. The summed E-state index contributed by atoms with van der Waals surface area (Å²) in [6, 6.07) is 35.9. The average Bonchev–Trinajstić information content (AvgIpc) is 3.08. The maximum absolute atomic E-state index is 13.7. The number of phenols is 1. The maximum atomic E-state index is 13.7. The Morgan fingerprint density at radius 3 is 1.97 bits per heavy atom. The SMILES string of the molecule is O=C1c2ccccc2C(Cc2ccccc2)(c2ccc(O)cc2)N1CCc1ccccc1. The monoisotopic (exact) mass is 419 g/mol. The molecule has 1 aliphatic rings. The Balaban J connectivity index is 1.67.